The Morgan fingerprint density at radius 2 is 1.57 bits per heavy atom. The van der Waals surface area contributed by atoms with Gasteiger partial charge in [0.2, 0.25) is 15.9 Å². The van der Waals surface area contributed by atoms with E-state index in [-0.39, 0.29) is 16.3 Å². The van der Waals surface area contributed by atoms with Gasteiger partial charge in [0.1, 0.15) is 6.04 Å². The number of sulfonamides is 1. The molecule has 1 heterocycles. The topological polar surface area (TPSA) is 101 Å². The van der Waals surface area contributed by atoms with Crippen molar-refractivity contribution in [1.82, 2.24) is 4.31 Å². The number of rotatable bonds is 5. The first kappa shape index (κ1) is 20.8. The maximum absolute atomic E-state index is 12.9. The first-order chi connectivity index (χ1) is 13.1. The van der Waals surface area contributed by atoms with Crippen LogP contribution in [0, 0.1) is 0 Å². The van der Waals surface area contributed by atoms with E-state index in [1.807, 2.05) is 0 Å². The second-order valence-electron chi connectivity index (χ2n) is 6.51. The van der Waals surface area contributed by atoms with Crippen LogP contribution in [0.25, 0.3) is 0 Å². The molecule has 2 aromatic rings. The molecule has 1 aliphatic heterocycles. The number of benzene rings is 2. The van der Waals surface area contributed by atoms with Gasteiger partial charge in [0.25, 0.3) is 0 Å². The Balaban J connectivity index is 1.78. The second-order valence-corrected chi connectivity index (χ2v) is 10.9. The summed E-state index contributed by atoms with van der Waals surface area (Å²) in [4.78, 5) is 12.9. The predicted octanol–water partition coefficient (Wildman–Crippen LogP) is 2.54. The summed E-state index contributed by atoms with van der Waals surface area (Å²) in [5.41, 5.74) is 0.396. The van der Waals surface area contributed by atoms with Gasteiger partial charge < -0.3 is 5.32 Å². The van der Waals surface area contributed by atoms with Gasteiger partial charge in [-0.2, -0.15) is 4.31 Å². The van der Waals surface area contributed by atoms with Crippen LogP contribution < -0.4 is 5.32 Å². The minimum absolute atomic E-state index is 0.0779. The van der Waals surface area contributed by atoms with Crippen LogP contribution in [0.3, 0.4) is 0 Å². The number of hydrogen-bond donors (Lipinski definition) is 1. The van der Waals surface area contributed by atoms with Crippen LogP contribution in [-0.2, 0) is 24.7 Å². The molecule has 1 atom stereocenters. The summed E-state index contributed by atoms with van der Waals surface area (Å²) >= 11 is 5.82. The summed E-state index contributed by atoms with van der Waals surface area (Å²) < 4.78 is 50.0. The number of anilines is 1. The molecule has 1 amide bonds. The average molecular weight is 443 g/mol. The molecule has 1 N–H and O–H groups in total. The summed E-state index contributed by atoms with van der Waals surface area (Å²) in [6.45, 7) is 0.246. The molecule has 0 aromatic heterocycles. The molecule has 0 spiro atoms. The van der Waals surface area contributed by atoms with E-state index in [1.165, 1.54) is 52.8 Å². The Morgan fingerprint density at radius 1 is 1.00 bits per heavy atom. The number of amides is 1. The van der Waals surface area contributed by atoms with Crippen molar-refractivity contribution in [2.24, 2.45) is 0 Å². The highest BCUT2D eigenvalue weighted by molar-refractivity contribution is 7.90. The van der Waals surface area contributed by atoms with Gasteiger partial charge in [-0.3, -0.25) is 4.79 Å². The quantitative estimate of drug-likeness (QED) is 0.766. The van der Waals surface area contributed by atoms with Crippen molar-refractivity contribution in [1.29, 1.82) is 0 Å². The van der Waals surface area contributed by atoms with Crippen LogP contribution in [0.1, 0.15) is 12.8 Å². The minimum Gasteiger partial charge on any atom is -0.325 e. The molecule has 10 heteroatoms. The number of nitrogens with one attached hydrogen (secondary N) is 1. The average Bonchev–Trinajstić information content (AvgIpc) is 3.12. The molecule has 0 saturated carbocycles. The van der Waals surface area contributed by atoms with Crippen LogP contribution in [0.4, 0.5) is 5.69 Å². The zero-order valence-electron chi connectivity index (χ0n) is 15.0. The molecule has 1 saturated heterocycles. The molecular formula is C18H19ClN2O5S2. The highest BCUT2D eigenvalue weighted by Gasteiger charge is 2.39. The van der Waals surface area contributed by atoms with E-state index in [4.69, 9.17) is 11.6 Å². The zero-order chi connectivity index (χ0) is 20.5. The largest absolute Gasteiger partial charge is 0.325 e. The summed E-state index contributed by atoms with van der Waals surface area (Å²) in [6, 6.07) is 10.7. The molecule has 0 radical (unpaired) electrons. The van der Waals surface area contributed by atoms with Gasteiger partial charge in [-0.05, 0) is 61.4 Å². The van der Waals surface area contributed by atoms with Crippen molar-refractivity contribution in [3.63, 3.8) is 0 Å². The fraction of sp³-hybridized carbons (Fsp3) is 0.278. The van der Waals surface area contributed by atoms with Crippen LogP contribution in [0.2, 0.25) is 5.02 Å². The lowest BCUT2D eigenvalue weighted by atomic mass is 10.2. The third-order valence-electron chi connectivity index (χ3n) is 4.48. The fourth-order valence-corrected chi connectivity index (χ4v) is 5.46. The number of carbonyl (C=O) groups excluding carboxylic acids is 1. The first-order valence-corrected chi connectivity index (χ1v) is 12.2. The molecule has 3 rings (SSSR count). The Bertz CT molecular complexity index is 1080. The minimum atomic E-state index is -3.83. The lowest BCUT2D eigenvalue weighted by molar-refractivity contribution is -0.119. The Morgan fingerprint density at radius 3 is 2.14 bits per heavy atom. The summed E-state index contributed by atoms with van der Waals surface area (Å²) in [5.74, 6) is -0.456. The first-order valence-electron chi connectivity index (χ1n) is 8.47. The second kappa shape index (κ2) is 7.82. The van der Waals surface area contributed by atoms with Crippen molar-refractivity contribution in [3.8, 4) is 0 Å². The van der Waals surface area contributed by atoms with Crippen molar-refractivity contribution in [2.75, 3.05) is 18.1 Å². The van der Waals surface area contributed by atoms with Gasteiger partial charge in [0.15, 0.2) is 9.84 Å². The Hall–Kier alpha value is -1.94. The highest BCUT2D eigenvalue weighted by atomic mass is 35.5. The molecular weight excluding hydrogens is 424 g/mol. The van der Waals surface area contributed by atoms with Gasteiger partial charge in [-0.25, -0.2) is 16.8 Å². The third kappa shape index (κ3) is 4.38. The predicted molar refractivity (Wildman–Crippen MR) is 107 cm³/mol. The monoisotopic (exact) mass is 442 g/mol. The molecule has 2 aromatic carbocycles. The lowest BCUT2D eigenvalue weighted by Crippen LogP contribution is -2.43. The molecule has 1 unspecified atom stereocenters. The van der Waals surface area contributed by atoms with E-state index in [2.05, 4.69) is 5.32 Å². The summed E-state index contributed by atoms with van der Waals surface area (Å²) in [7, 11) is -7.17. The standard InChI is InChI=1S/C18H19ClN2O5S2/c1-27(23,24)15-10-6-14(7-11-15)20-18(22)17-3-2-12-21(17)28(25,26)16-8-4-13(19)5-9-16/h4-11,17H,2-3,12H2,1H3,(H,20,22). The molecule has 0 aliphatic carbocycles. The van der Waals surface area contributed by atoms with Crippen molar-refractivity contribution in [2.45, 2.75) is 28.7 Å². The Labute approximate surface area is 169 Å². The van der Waals surface area contributed by atoms with Crippen LogP contribution >= 0.6 is 11.6 Å². The molecule has 1 fully saturated rings. The van der Waals surface area contributed by atoms with Gasteiger partial charge in [-0.15, -0.1) is 0 Å². The molecule has 28 heavy (non-hydrogen) atoms. The SMILES string of the molecule is CS(=O)(=O)c1ccc(NC(=O)C2CCCN2S(=O)(=O)c2ccc(Cl)cc2)cc1. The van der Waals surface area contributed by atoms with E-state index in [0.29, 0.717) is 23.6 Å². The van der Waals surface area contributed by atoms with Gasteiger partial charge in [-0.1, -0.05) is 11.6 Å². The molecule has 150 valence electrons. The maximum Gasteiger partial charge on any atom is 0.243 e. The van der Waals surface area contributed by atoms with Crippen LogP contribution in [0.15, 0.2) is 58.3 Å². The summed E-state index contributed by atoms with van der Waals surface area (Å²) in [5, 5.41) is 3.09. The van der Waals surface area contributed by atoms with Gasteiger partial charge >= 0.3 is 0 Å². The van der Waals surface area contributed by atoms with Gasteiger partial charge in [0.05, 0.1) is 9.79 Å². The van der Waals surface area contributed by atoms with E-state index >= 15 is 0 Å². The molecule has 1 aliphatic rings. The van der Waals surface area contributed by atoms with Crippen LogP contribution in [0.5, 0.6) is 0 Å². The fourth-order valence-electron chi connectivity index (χ4n) is 3.04. The highest BCUT2D eigenvalue weighted by Crippen LogP contribution is 2.28. The van der Waals surface area contributed by atoms with Crippen molar-refractivity contribution < 1.29 is 21.6 Å². The lowest BCUT2D eigenvalue weighted by Gasteiger charge is -2.23. The third-order valence-corrected chi connectivity index (χ3v) is 7.78. The van der Waals surface area contributed by atoms with E-state index in [1.54, 1.807) is 0 Å². The van der Waals surface area contributed by atoms with Crippen LogP contribution in [-0.4, -0.2) is 45.9 Å². The Kier molecular flexibility index (Phi) is 5.81. The molecule has 7 nitrogen and oxygen atoms in total. The number of sulfone groups is 1. The van der Waals surface area contributed by atoms with E-state index < -0.39 is 31.8 Å². The summed E-state index contributed by atoms with van der Waals surface area (Å²) in [6.07, 6.45) is 2.07. The van der Waals surface area contributed by atoms with Crippen molar-refractivity contribution in [3.05, 3.63) is 53.6 Å². The van der Waals surface area contributed by atoms with E-state index in [0.717, 1.165) is 6.26 Å². The number of nitrogens with zero attached hydrogens (tertiary/aromatic N) is 1. The normalized spacial score (nSPS) is 18.1. The number of carbonyl (C=O) groups is 1. The van der Waals surface area contributed by atoms with E-state index in [9.17, 15) is 21.6 Å². The smallest absolute Gasteiger partial charge is 0.243 e. The number of halogens is 1. The molecule has 0 bridgehead atoms. The number of hydrogen-bond acceptors (Lipinski definition) is 5. The maximum atomic E-state index is 12.9. The van der Waals surface area contributed by atoms with Gasteiger partial charge in [0, 0.05) is 23.5 Å². The van der Waals surface area contributed by atoms with Crippen molar-refractivity contribution >= 4 is 43.1 Å². The zero-order valence-corrected chi connectivity index (χ0v) is 17.4.